The Kier molecular flexibility index (Phi) is 3.26. The molecule has 3 heteroatoms. The molecule has 0 saturated heterocycles. The van der Waals surface area contributed by atoms with Gasteiger partial charge in [-0.25, -0.2) is 0 Å². The molecule has 0 aliphatic heterocycles. The van der Waals surface area contributed by atoms with Gasteiger partial charge in [-0.15, -0.1) is 0 Å². The Labute approximate surface area is 117 Å². The molecule has 1 saturated carbocycles. The number of amides is 1. The molecule has 1 aliphatic rings. The van der Waals surface area contributed by atoms with E-state index in [1.807, 2.05) is 30.3 Å². The highest BCUT2D eigenvalue weighted by molar-refractivity contribution is 6.30. The van der Waals surface area contributed by atoms with Crippen molar-refractivity contribution < 1.29 is 4.79 Å². The summed E-state index contributed by atoms with van der Waals surface area (Å²) in [7, 11) is 0. The molecular formula is C16H14ClNO. The molecule has 0 heterocycles. The molecule has 1 N–H and O–H groups in total. The van der Waals surface area contributed by atoms with Gasteiger partial charge in [0.1, 0.15) is 0 Å². The van der Waals surface area contributed by atoms with Crippen molar-refractivity contribution in [2.75, 3.05) is 5.32 Å². The van der Waals surface area contributed by atoms with Crippen molar-refractivity contribution in [2.45, 2.75) is 12.3 Å². The van der Waals surface area contributed by atoms with Crippen molar-refractivity contribution in [3.05, 3.63) is 65.2 Å². The lowest BCUT2D eigenvalue weighted by Gasteiger charge is -2.05. The zero-order chi connectivity index (χ0) is 13.2. The number of hydrogen-bond donors (Lipinski definition) is 1. The number of anilines is 1. The van der Waals surface area contributed by atoms with E-state index in [0.717, 1.165) is 12.1 Å². The first kappa shape index (κ1) is 12.2. The maximum atomic E-state index is 12.1. The average molecular weight is 272 g/mol. The summed E-state index contributed by atoms with van der Waals surface area (Å²) in [6, 6.07) is 17.4. The number of hydrogen-bond acceptors (Lipinski definition) is 1. The fourth-order valence-corrected chi connectivity index (χ4v) is 2.54. The van der Waals surface area contributed by atoms with Crippen molar-refractivity contribution in [3.63, 3.8) is 0 Å². The molecule has 2 atom stereocenters. The van der Waals surface area contributed by atoms with Crippen molar-refractivity contribution in [1.29, 1.82) is 0 Å². The van der Waals surface area contributed by atoms with Crippen molar-refractivity contribution in [3.8, 4) is 0 Å². The Hall–Kier alpha value is -1.80. The van der Waals surface area contributed by atoms with E-state index in [1.54, 1.807) is 12.1 Å². The zero-order valence-corrected chi connectivity index (χ0v) is 11.1. The number of rotatable bonds is 3. The van der Waals surface area contributed by atoms with Crippen molar-refractivity contribution >= 4 is 23.2 Å². The van der Waals surface area contributed by atoms with Gasteiger partial charge in [0.2, 0.25) is 5.91 Å². The molecule has 2 aromatic rings. The maximum absolute atomic E-state index is 12.1. The lowest BCUT2D eigenvalue weighted by Crippen LogP contribution is -2.14. The summed E-state index contributed by atoms with van der Waals surface area (Å²) in [4.78, 5) is 12.1. The van der Waals surface area contributed by atoms with Crippen LogP contribution in [0.1, 0.15) is 17.9 Å². The molecule has 0 radical (unpaired) electrons. The second-order valence-electron chi connectivity index (χ2n) is 4.86. The summed E-state index contributed by atoms with van der Waals surface area (Å²) < 4.78 is 0. The van der Waals surface area contributed by atoms with E-state index in [4.69, 9.17) is 11.6 Å². The smallest absolute Gasteiger partial charge is 0.228 e. The predicted molar refractivity (Wildman–Crippen MR) is 77.4 cm³/mol. The fourth-order valence-electron chi connectivity index (χ4n) is 2.35. The van der Waals surface area contributed by atoms with Crippen LogP contribution >= 0.6 is 11.6 Å². The van der Waals surface area contributed by atoms with Crippen LogP contribution in [0.3, 0.4) is 0 Å². The van der Waals surface area contributed by atoms with E-state index in [0.29, 0.717) is 10.9 Å². The third-order valence-electron chi connectivity index (χ3n) is 3.45. The second-order valence-corrected chi connectivity index (χ2v) is 5.30. The molecule has 1 amide bonds. The molecule has 0 spiro atoms. The number of halogens is 1. The van der Waals surface area contributed by atoms with Crippen LogP contribution < -0.4 is 5.32 Å². The molecule has 96 valence electrons. The van der Waals surface area contributed by atoms with Crippen LogP contribution in [0.15, 0.2) is 54.6 Å². The summed E-state index contributed by atoms with van der Waals surface area (Å²) in [5.41, 5.74) is 2.00. The first-order valence-electron chi connectivity index (χ1n) is 6.35. The normalized spacial score (nSPS) is 20.9. The van der Waals surface area contributed by atoms with Crippen LogP contribution in [0.4, 0.5) is 5.69 Å². The van der Waals surface area contributed by atoms with E-state index in [-0.39, 0.29) is 11.8 Å². The predicted octanol–water partition coefficient (Wildman–Crippen LogP) is 4.08. The molecule has 3 rings (SSSR count). The van der Waals surface area contributed by atoms with E-state index >= 15 is 0 Å². The van der Waals surface area contributed by atoms with Gasteiger partial charge in [-0.05, 0) is 36.1 Å². The molecule has 0 bridgehead atoms. The fraction of sp³-hybridized carbons (Fsp3) is 0.188. The third-order valence-corrected chi connectivity index (χ3v) is 3.68. The van der Waals surface area contributed by atoms with Gasteiger partial charge in [-0.2, -0.15) is 0 Å². The molecule has 0 unspecified atom stereocenters. The van der Waals surface area contributed by atoms with Gasteiger partial charge >= 0.3 is 0 Å². The van der Waals surface area contributed by atoms with Crippen molar-refractivity contribution in [1.82, 2.24) is 0 Å². The molecule has 1 aliphatic carbocycles. The standard InChI is InChI=1S/C16H14ClNO/c17-12-7-4-8-13(9-12)18-16(19)15-10-14(15)11-5-2-1-3-6-11/h1-9,14-15H,10H2,(H,18,19)/t14-,15+/m1/s1. The van der Waals surface area contributed by atoms with Gasteiger partial charge in [-0.1, -0.05) is 48.0 Å². The Morgan fingerprint density at radius 1 is 1.11 bits per heavy atom. The van der Waals surface area contributed by atoms with Gasteiger partial charge in [0.05, 0.1) is 0 Å². The molecule has 2 nitrogen and oxygen atoms in total. The Morgan fingerprint density at radius 2 is 1.89 bits per heavy atom. The molecule has 1 fully saturated rings. The third kappa shape index (κ3) is 2.79. The van der Waals surface area contributed by atoms with Crippen LogP contribution in [-0.4, -0.2) is 5.91 Å². The Balaban J connectivity index is 1.64. The SMILES string of the molecule is O=C(Nc1cccc(Cl)c1)[C@H]1C[C@@H]1c1ccccc1. The largest absolute Gasteiger partial charge is 0.326 e. The number of carbonyl (C=O) groups is 1. The lowest BCUT2D eigenvalue weighted by molar-refractivity contribution is -0.117. The summed E-state index contributed by atoms with van der Waals surface area (Å²) >= 11 is 5.90. The van der Waals surface area contributed by atoms with Gasteiger partial charge in [0.15, 0.2) is 0 Å². The monoisotopic (exact) mass is 271 g/mol. The summed E-state index contributed by atoms with van der Waals surface area (Å²) in [5.74, 6) is 0.526. The van der Waals surface area contributed by atoms with Crippen LogP contribution in [0, 0.1) is 5.92 Å². The summed E-state index contributed by atoms with van der Waals surface area (Å²) in [5, 5.41) is 3.55. The van der Waals surface area contributed by atoms with Gasteiger partial charge in [0.25, 0.3) is 0 Å². The molecule has 2 aromatic carbocycles. The lowest BCUT2D eigenvalue weighted by atomic mass is 10.1. The van der Waals surface area contributed by atoms with E-state index in [9.17, 15) is 4.79 Å². The highest BCUT2D eigenvalue weighted by Gasteiger charge is 2.43. The highest BCUT2D eigenvalue weighted by Crippen LogP contribution is 2.47. The van der Waals surface area contributed by atoms with Crippen LogP contribution in [0.2, 0.25) is 5.02 Å². The number of benzene rings is 2. The number of nitrogens with one attached hydrogen (secondary N) is 1. The first-order valence-corrected chi connectivity index (χ1v) is 6.73. The highest BCUT2D eigenvalue weighted by atomic mass is 35.5. The first-order chi connectivity index (χ1) is 9.24. The molecule has 0 aromatic heterocycles. The van der Waals surface area contributed by atoms with Gasteiger partial charge in [0, 0.05) is 16.6 Å². The van der Waals surface area contributed by atoms with Gasteiger partial charge < -0.3 is 5.32 Å². The quantitative estimate of drug-likeness (QED) is 0.895. The van der Waals surface area contributed by atoms with E-state index in [2.05, 4.69) is 17.4 Å². The van der Waals surface area contributed by atoms with Crippen LogP contribution in [0.25, 0.3) is 0 Å². The number of carbonyl (C=O) groups excluding carboxylic acids is 1. The summed E-state index contributed by atoms with van der Waals surface area (Å²) in [6.07, 6.45) is 0.927. The second kappa shape index (κ2) is 5.06. The van der Waals surface area contributed by atoms with Crippen LogP contribution in [-0.2, 0) is 4.79 Å². The van der Waals surface area contributed by atoms with Crippen LogP contribution in [0.5, 0.6) is 0 Å². The Bertz CT molecular complexity index is 597. The molecule has 19 heavy (non-hydrogen) atoms. The summed E-state index contributed by atoms with van der Waals surface area (Å²) in [6.45, 7) is 0. The average Bonchev–Trinajstić information content (AvgIpc) is 3.20. The topological polar surface area (TPSA) is 29.1 Å². The minimum absolute atomic E-state index is 0.0797. The minimum atomic E-state index is 0.0797. The maximum Gasteiger partial charge on any atom is 0.228 e. The van der Waals surface area contributed by atoms with Gasteiger partial charge in [-0.3, -0.25) is 4.79 Å². The van der Waals surface area contributed by atoms with Crippen molar-refractivity contribution in [2.24, 2.45) is 5.92 Å². The van der Waals surface area contributed by atoms with E-state index < -0.39 is 0 Å². The molecular weight excluding hydrogens is 258 g/mol. The minimum Gasteiger partial charge on any atom is -0.326 e. The zero-order valence-electron chi connectivity index (χ0n) is 10.3. The Morgan fingerprint density at radius 3 is 2.63 bits per heavy atom. The van der Waals surface area contributed by atoms with E-state index in [1.165, 1.54) is 5.56 Å².